The molecule has 0 amide bonds. The summed E-state index contributed by atoms with van der Waals surface area (Å²) in [6, 6.07) is 10.3. The van der Waals surface area contributed by atoms with Gasteiger partial charge >= 0.3 is 0 Å². The fraction of sp³-hybridized carbons (Fsp3) is 0.286. The summed E-state index contributed by atoms with van der Waals surface area (Å²) in [6.07, 6.45) is 3.08. The number of hydrogen-bond acceptors (Lipinski definition) is 4. The molecule has 0 bridgehead atoms. The summed E-state index contributed by atoms with van der Waals surface area (Å²) < 4.78 is 24.3. The van der Waals surface area contributed by atoms with Crippen LogP contribution in [0.25, 0.3) is 22.0 Å². The lowest BCUT2D eigenvalue weighted by molar-refractivity contribution is -0.686. The average molecular weight is 442 g/mol. The van der Waals surface area contributed by atoms with E-state index in [1.807, 2.05) is 6.07 Å². The molecule has 0 fully saturated rings. The average Bonchev–Trinajstić information content (AvgIpc) is 2.70. The molecule has 0 saturated carbocycles. The molecule has 6 N–H and O–H groups in total. The first-order chi connectivity index (χ1) is 12.7. The number of halogens is 1. The number of fused-ring (bicyclic) bond motifs is 4. The molecule has 9 heteroatoms. The lowest BCUT2D eigenvalue weighted by Gasteiger charge is -2.19. The van der Waals surface area contributed by atoms with Gasteiger partial charge in [-0.2, -0.15) is 4.57 Å². The van der Waals surface area contributed by atoms with E-state index in [4.69, 9.17) is 18.9 Å². The Kier molecular flexibility index (Phi) is 9.84. The van der Waals surface area contributed by atoms with E-state index >= 15 is 0 Å². The van der Waals surface area contributed by atoms with Crippen molar-refractivity contribution in [3.8, 4) is 34.3 Å². The van der Waals surface area contributed by atoms with Gasteiger partial charge in [0, 0.05) is 12.5 Å². The quantitative estimate of drug-likeness (QED) is 0.429. The van der Waals surface area contributed by atoms with Crippen molar-refractivity contribution in [2.75, 3.05) is 28.4 Å². The third-order valence-corrected chi connectivity index (χ3v) is 5.01. The van der Waals surface area contributed by atoms with Crippen LogP contribution in [0.2, 0.25) is 0 Å². The number of nitrogens with zero attached hydrogens (tertiary/aromatic N) is 1. The molecule has 30 heavy (non-hydrogen) atoms. The maximum atomic E-state index is 5.60. The maximum Gasteiger partial charge on any atom is 0.213 e. The summed E-state index contributed by atoms with van der Waals surface area (Å²) in [4.78, 5) is 0. The molecule has 2 aromatic carbocycles. The van der Waals surface area contributed by atoms with E-state index in [9.17, 15) is 0 Å². The Morgan fingerprint density at radius 1 is 0.767 bits per heavy atom. The van der Waals surface area contributed by atoms with Crippen LogP contribution in [-0.4, -0.2) is 44.9 Å². The summed E-state index contributed by atoms with van der Waals surface area (Å²) >= 11 is 0. The van der Waals surface area contributed by atoms with Crippen molar-refractivity contribution in [1.82, 2.24) is 0 Å². The molecule has 3 aromatic rings. The van der Waals surface area contributed by atoms with Crippen molar-refractivity contribution >= 4 is 10.8 Å². The van der Waals surface area contributed by atoms with E-state index < -0.39 is 0 Å². The van der Waals surface area contributed by atoms with Crippen LogP contribution < -0.4 is 35.9 Å². The predicted molar refractivity (Wildman–Crippen MR) is 110 cm³/mol. The number of methoxy groups -OCH3 is 4. The largest absolute Gasteiger partial charge is 1.00 e. The number of aryl methyl sites for hydroxylation is 2. The third kappa shape index (κ3) is 4.22. The van der Waals surface area contributed by atoms with Crippen LogP contribution in [-0.2, 0) is 13.0 Å². The number of aromatic nitrogens is 1. The van der Waals surface area contributed by atoms with Crippen LogP contribution in [0.1, 0.15) is 5.56 Å². The summed E-state index contributed by atoms with van der Waals surface area (Å²) in [5.74, 6) is 3.01. The molecular formula is C21H28ClNO7. The molecular weight excluding hydrogens is 414 g/mol. The highest BCUT2D eigenvalue weighted by Crippen LogP contribution is 2.39. The van der Waals surface area contributed by atoms with Gasteiger partial charge in [-0.15, -0.1) is 0 Å². The van der Waals surface area contributed by atoms with E-state index in [2.05, 4.69) is 35.0 Å². The molecule has 1 aliphatic rings. The summed E-state index contributed by atoms with van der Waals surface area (Å²) in [7, 11) is 6.67. The van der Waals surface area contributed by atoms with Crippen LogP contribution in [0.3, 0.4) is 0 Å². The molecule has 2 heterocycles. The van der Waals surface area contributed by atoms with Gasteiger partial charge in [0.05, 0.1) is 39.4 Å². The SMILES string of the molecule is COc1cc2c(cc1OC)-c1cc3ccc(OC)c(OC)c3c[n+]1CC2.O.O.O.[Cl-]. The molecule has 0 saturated heterocycles. The third-order valence-electron chi connectivity index (χ3n) is 5.01. The fourth-order valence-electron chi connectivity index (χ4n) is 3.71. The van der Waals surface area contributed by atoms with E-state index in [0.717, 1.165) is 52.4 Å². The zero-order chi connectivity index (χ0) is 18.3. The van der Waals surface area contributed by atoms with Crippen molar-refractivity contribution in [2.45, 2.75) is 13.0 Å². The van der Waals surface area contributed by atoms with Gasteiger partial charge in [-0.3, -0.25) is 0 Å². The standard InChI is InChI=1S/C21H22NO4.ClH.3H2O/c1-23-18-6-5-13-9-17-15-11-20(25-3)19(24-2)10-14(15)7-8-22(17)12-16(13)21(18)26-4;;;;/h5-6,9-12H,7-8H2,1-4H3;1H;3*1H2/q+1;;;;/p-1. The van der Waals surface area contributed by atoms with Gasteiger partial charge < -0.3 is 47.8 Å². The Balaban J connectivity index is 0.00000210. The lowest BCUT2D eigenvalue weighted by Crippen LogP contribution is -3.00. The van der Waals surface area contributed by atoms with E-state index in [0.29, 0.717) is 0 Å². The Morgan fingerprint density at radius 3 is 2.00 bits per heavy atom. The summed E-state index contributed by atoms with van der Waals surface area (Å²) in [5, 5.41) is 2.15. The van der Waals surface area contributed by atoms with Crippen LogP contribution in [0, 0.1) is 0 Å². The zero-order valence-electron chi connectivity index (χ0n) is 17.3. The fourth-order valence-corrected chi connectivity index (χ4v) is 3.71. The molecule has 0 spiro atoms. The van der Waals surface area contributed by atoms with Crippen molar-refractivity contribution in [3.63, 3.8) is 0 Å². The highest BCUT2D eigenvalue weighted by Gasteiger charge is 2.27. The minimum atomic E-state index is 0. The van der Waals surface area contributed by atoms with Crippen LogP contribution in [0.4, 0.5) is 0 Å². The monoisotopic (exact) mass is 441 g/mol. The van der Waals surface area contributed by atoms with Gasteiger partial charge in [-0.1, -0.05) is 0 Å². The van der Waals surface area contributed by atoms with Gasteiger partial charge in [-0.05, 0) is 35.2 Å². The first-order valence-corrected chi connectivity index (χ1v) is 8.53. The predicted octanol–water partition coefficient (Wildman–Crippen LogP) is -2.09. The number of pyridine rings is 1. The van der Waals surface area contributed by atoms with Gasteiger partial charge in [0.2, 0.25) is 5.69 Å². The normalized spacial score (nSPS) is 10.7. The summed E-state index contributed by atoms with van der Waals surface area (Å²) in [5.41, 5.74) is 3.60. The van der Waals surface area contributed by atoms with Gasteiger partial charge in [0.1, 0.15) is 0 Å². The van der Waals surface area contributed by atoms with Gasteiger partial charge in [-0.25, -0.2) is 0 Å². The number of rotatable bonds is 4. The molecule has 0 unspecified atom stereocenters. The van der Waals surface area contributed by atoms with Gasteiger partial charge in [0.25, 0.3) is 0 Å². The van der Waals surface area contributed by atoms with Crippen LogP contribution in [0.5, 0.6) is 23.0 Å². The topological polar surface area (TPSA) is 135 Å². The molecule has 0 radical (unpaired) electrons. The molecule has 0 aliphatic carbocycles. The van der Waals surface area contributed by atoms with Crippen molar-refractivity contribution in [1.29, 1.82) is 0 Å². The number of hydrogen-bond donors (Lipinski definition) is 0. The Bertz CT molecular complexity index is 1010. The minimum absolute atomic E-state index is 0. The molecule has 1 aromatic heterocycles. The minimum Gasteiger partial charge on any atom is -1.00 e. The Hall–Kier alpha value is -2.78. The molecule has 166 valence electrons. The van der Waals surface area contributed by atoms with E-state index in [-0.39, 0.29) is 28.8 Å². The highest BCUT2D eigenvalue weighted by atomic mass is 35.5. The van der Waals surface area contributed by atoms with E-state index in [1.165, 1.54) is 11.1 Å². The van der Waals surface area contributed by atoms with Crippen molar-refractivity contribution in [3.05, 3.63) is 42.1 Å². The molecule has 0 atom stereocenters. The smallest absolute Gasteiger partial charge is 0.213 e. The number of ether oxygens (including phenoxy) is 4. The first-order valence-electron chi connectivity index (χ1n) is 8.53. The zero-order valence-corrected chi connectivity index (χ0v) is 18.1. The maximum absolute atomic E-state index is 5.60. The Labute approximate surface area is 181 Å². The highest BCUT2D eigenvalue weighted by molar-refractivity contribution is 5.91. The second kappa shape index (κ2) is 10.8. The van der Waals surface area contributed by atoms with Crippen molar-refractivity contribution < 1.29 is 52.4 Å². The van der Waals surface area contributed by atoms with Crippen molar-refractivity contribution in [2.24, 2.45) is 0 Å². The number of benzene rings is 2. The van der Waals surface area contributed by atoms with Crippen LogP contribution in [0.15, 0.2) is 36.5 Å². The first kappa shape index (κ1) is 27.2. The van der Waals surface area contributed by atoms with Gasteiger partial charge in [0.15, 0.2) is 35.7 Å². The second-order valence-corrected chi connectivity index (χ2v) is 6.27. The summed E-state index contributed by atoms with van der Waals surface area (Å²) in [6.45, 7) is 0.897. The molecule has 8 nitrogen and oxygen atoms in total. The lowest BCUT2D eigenvalue weighted by atomic mass is 9.95. The molecule has 1 aliphatic heterocycles. The Morgan fingerprint density at radius 2 is 1.40 bits per heavy atom. The molecule has 4 rings (SSSR count). The second-order valence-electron chi connectivity index (χ2n) is 6.27. The van der Waals surface area contributed by atoms with Crippen LogP contribution >= 0.6 is 0 Å². The van der Waals surface area contributed by atoms with E-state index in [1.54, 1.807) is 28.4 Å².